The fourth-order valence-corrected chi connectivity index (χ4v) is 1.60. The maximum absolute atomic E-state index is 9.78. The standard InChI is InChI=1S/C13H16N2O/c1-9(2)11-6-7-15(14-11)12-8-10(3)4-5-13(12)16/h4-9,16H,1-3H3. The quantitative estimate of drug-likeness (QED) is 0.838. The SMILES string of the molecule is Cc1ccc(O)c(-n2ccc(C(C)C)n2)c1. The molecule has 2 rings (SSSR count). The van der Waals surface area contributed by atoms with Crippen LogP contribution < -0.4 is 0 Å². The van der Waals surface area contributed by atoms with E-state index < -0.39 is 0 Å². The number of phenolic OH excluding ortho intramolecular Hbond substituents is 1. The first-order valence-corrected chi connectivity index (χ1v) is 5.43. The van der Waals surface area contributed by atoms with Gasteiger partial charge in [0.15, 0.2) is 0 Å². The van der Waals surface area contributed by atoms with E-state index in [1.165, 1.54) is 0 Å². The zero-order valence-electron chi connectivity index (χ0n) is 9.81. The lowest BCUT2D eigenvalue weighted by molar-refractivity contribution is 0.470. The van der Waals surface area contributed by atoms with Gasteiger partial charge >= 0.3 is 0 Å². The Hall–Kier alpha value is -1.77. The van der Waals surface area contributed by atoms with Gasteiger partial charge in [-0.15, -0.1) is 0 Å². The topological polar surface area (TPSA) is 38.0 Å². The predicted molar refractivity (Wildman–Crippen MR) is 64.1 cm³/mol. The maximum atomic E-state index is 9.78. The molecule has 0 saturated carbocycles. The monoisotopic (exact) mass is 216 g/mol. The zero-order valence-corrected chi connectivity index (χ0v) is 9.81. The second-order valence-corrected chi connectivity index (χ2v) is 4.33. The fraction of sp³-hybridized carbons (Fsp3) is 0.308. The minimum Gasteiger partial charge on any atom is -0.506 e. The number of rotatable bonds is 2. The van der Waals surface area contributed by atoms with Crippen LogP contribution in [0.15, 0.2) is 30.5 Å². The average molecular weight is 216 g/mol. The van der Waals surface area contributed by atoms with Gasteiger partial charge in [0.05, 0.1) is 5.69 Å². The number of aromatic nitrogens is 2. The highest BCUT2D eigenvalue weighted by atomic mass is 16.3. The second kappa shape index (κ2) is 4.00. The van der Waals surface area contributed by atoms with Crippen LogP contribution >= 0.6 is 0 Å². The number of hydrogen-bond acceptors (Lipinski definition) is 2. The molecule has 0 aliphatic carbocycles. The lowest BCUT2D eigenvalue weighted by Gasteiger charge is -2.06. The molecule has 0 aliphatic heterocycles. The van der Waals surface area contributed by atoms with Crippen LogP contribution in [-0.2, 0) is 0 Å². The van der Waals surface area contributed by atoms with Crippen LogP contribution in [0.2, 0.25) is 0 Å². The third-order valence-corrected chi connectivity index (χ3v) is 2.58. The van der Waals surface area contributed by atoms with Gasteiger partial charge in [-0.25, -0.2) is 4.68 Å². The zero-order chi connectivity index (χ0) is 11.7. The number of hydrogen-bond donors (Lipinski definition) is 1. The van der Waals surface area contributed by atoms with Gasteiger partial charge in [-0.1, -0.05) is 19.9 Å². The molecule has 0 saturated heterocycles. The first kappa shape index (κ1) is 10.7. The first-order valence-electron chi connectivity index (χ1n) is 5.43. The lowest BCUT2D eigenvalue weighted by atomic mass is 10.1. The normalized spacial score (nSPS) is 11.0. The van der Waals surface area contributed by atoms with E-state index in [1.807, 2.05) is 31.3 Å². The summed E-state index contributed by atoms with van der Waals surface area (Å²) in [6.45, 7) is 6.20. The van der Waals surface area contributed by atoms with Crippen molar-refractivity contribution >= 4 is 0 Å². The van der Waals surface area contributed by atoms with Crippen molar-refractivity contribution in [2.24, 2.45) is 0 Å². The molecule has 1 aromatic carbocycles. The van der Waals surface area contributed by atoms with E-state index in [0.717, 1.165) is 16.9 Å². The Kier molecular flexibility index (Phi) is 2.69. The van der Waals surface area contributed by atoms with Crippen LogP contribution in [-0.4, -0.2) is 14.9 Å². The molecule has 3 heteroatoms. The third-order valence-electron chi connectivity index (χ3n) is 2.58. The van der Waals surface area contributed by atoms with Crippen molar-refractivity contribution in [3.63, 3.8) is 0 Å². The Balaban J connectivity index is 2.46. The summed E-state index contributed by atoms with van der Waals surface area (Å²) in [6, 6.07) is 7.48. The van der Waals surface area contributed by atoms with Crippen molar-refractivity contribution in [2.45, 2.75) is 26.7 Å². The summed E-state index contributed by atoms with van der Waals surface area (Å²) in [5.41, 5.74) is 2.86. The molecule has 1 N–H and O–H groups in total. The molecule has 2 aromatic rings. The Morgan fingerprint density at radius 3 is 2.62 bits per heavy atom. The molecule has 0 unspecified atom stereocenters. The molecule has 0 amide bonds. The van der Waals surface area contributed by atoms with E-state index in [1.54, 1.807) is 10.7 Å². The van der Waals surface area contributed by atoms with Crippen molar-refractivity contribution in [1.29, 1.82) is 0 Å². The maximum Gasteiger partial charge on any atom is 0.141 e. The molecule has 1 aromatic heterocycles. The highest BCUT2D eigenvalue weighted by molar-refractivity contribution is 5.47. The summed E-state index contributed by atoms with van der Waals surface area (Å²) < 4.78 is 1.72. The average Bonchev–Trinajstić information content (AvgIpc) is 2.70. The lowest BCUT2D eigenvalue weighted by Crippen LogP contribution is -1.98. The van der Waals surface area contributed by atoms with E-state index in [-0.39, 0.29) is 5.75 Å². The van der Waals surface area contributed by atoms with Crippen molar-refractivity contribution in [2.75, 3.05) is 0 Å². The molecule has 0 aliphatic rings. The van der Waals surface area contributed by atoms with Crippen molar-refractivity contribution in [1.82, 2.24) is 9.78 Å². The van der Waals surface area contributed by atoms with E-state index in [4.69, 9.17) is 0 Å². The summed E-state index contributed by atoms with van der Waals surface area (Å²) >= 11 is 0. The Morgan fingerprint density at radius 1 is 1.25 bits per heavy atom. The van der Waals surface area contributed by atoms with Gasteiger partial charge < -0.3 is 5.11 Å². The predicted octanol–water partition coefficient (Wildman–Crippen LogP) is 3.01. The van der Waals surface area contributed by atoms with Gasteiger partial charge in [0.2, 0.25) is 0 Å². The largest absolute Gasteiger partial charge is 0.506 e. The Bertz CT molecular complexity index is 500. The molecule has 0 atom stereocenters. The molecular weight excluding hydrogens is 200 g/mol. The molecule has 16 heavy (non-hydrogen) atoms. The molecule has 0 fully saturated rings. The molecule has 1 heterocycles. The minimum atomic E-state index is 0.254. The Labute approximate surface area is 95.3 Å². The molecular formula is C13H16N2O. The summed E-state index contributed by atoms with van der Waals surface area (Å²) in [5.74, 6) is 0.650. The minimum absolute atomic E-state index is 0.254. The summed E-state index contributed by atoms with van der Waals surface area (Å²) in [4.78, 5) is 0. The number of benzene rings is 1. The first-order chi connectivity index (χ1) is 7.58. The molecule has 0 spiro atoms. The van der Waals surface area contributed by atoms with E-state index in [2.05, 4.69) is 18.9 Å². The number of nitrogens with zero attached hydrogens (tertiary/aromatic N) is 2. The molecule has 0 radical (unpaired) electrons. The third kappa shape index (κ3) is 1.94. The number of aryl methyl sites for hydroxylation is 1. The second-order valence-electron chi connectivity index (χ2n) is 4.33. The number of aromatic hydroxyl groups is 1. The van der Waals surface area contributed by atoms with Gasteiger partial charge in [-0.3, -0.25) is 0 Å². The van der Waals surface area contributed by atoms with Crippen LogP contribution in [0.3, 0.4) is 0 Å². The van der Waals surface area contributed by atoms with Crippen LogP contribution in [0.5, 0.6) is 5.75 Å². The van der Waals surface area contributed by atoms with E-state index in [9.17, 15) is 5.11 Å². The highest BCUT2D eigenvalue weighted by Gasteiger charge is 2.07. The number of phenols is 1. The van der Waals surface area contributed by atoms with E-state index >= 15 is 0 Å². The van der Waals surface area contributed by atoms with Crippen molar-refractivity contribution < 1.29 is 5.11 Å². The summed E-state index contributed by atoms with van der Waals surface area (Å²) in [7, 11) is 0. The fourth-order valence-electron chi connectivity index (χ4n) is 1.60. The summed E-state index contributed by atoms with van der Waals surface area (Å²) in [5, 5.41) is 14.2. The highest BCUT2D eigenvalue weighted by Crippen LogP contribution is 2.23. The van der Waals surface area contributed by atoms with Gasteiger partial charge in [0.1, 0.15) is 11.4 Å². The van der Waals surface area contributed by atoms with E-state index in [0.29, 0.717) is 5.92 Å². The smallest absolute Gasteiger partial charge is 0.141 e. The van der Waals surface area contributed by atoms with Gasteiger partial charge in [0, 0.05) is 6.20 Å². The van der Waals surface area contributed by atoms with Crippen LogP contribution in [0, 0.1) is 6.92 Å². The van der Waals surface area contributed by atoms with Crippen molar-refractivity contribution in [3.05, 3.63) is 41.7 Å². The van der Waals surface area contributed by atoms with Gasteiger partial charge in [0.25, 0.3) is 0 Å². The summed E-state index contributed by atoms with van der Waals surface area (Å²) in [6.07, 6.45) is 1.88. The van der Waals surface area contributed by atoms with Crippen LogP contribution in [0.4, 0.5) is 0 Å². The van der Waals surface area contributed by atoms with Crippen molar-refractivity contribution in [3.8, 4) is 11.4 Å². The van der Waals surface area contributed by atoms with Gasteiger partial charge in [-0.05, 0) is 36.6 Å². The molecule has 0 bridgehead atoms. The van der Waals surface area contributed by atoms with Gasteiger partial charge in [-0.2, -0.15) is 5.10 Å². The Morgan fingerprint density at radius 2 is 2.00 bits per heavy atom. The van der Waals surface area contributed by atoms with Crippen LogP contribution in [0.1, 0.15) is 31.0 Å². The van der Waals surface area contributed by atoms with Crippen LogP contribution in [0.25, 0.3) is 5.69 Å². The molecule has 84 valence electrons. The molecule has 3 nitrogen and oxygen atoms in total.